The van der Waals surface area contributed by atoms with Gasteiger partial charge in [0, 0.05) is 26.3 Å². The van der Waals surface area contributed by atoms with Crippen molar-refractivity contribution in [3.05, 3.63) is 23.8 Å². The van der Waals surface area contributed by atoms with Crippen molar-refractivity contribution in [2.24, 2.45) is 0 Å². The van der Waals surface area contributed by atoms with E-state index >= 15 is 0 Å². The standard InChI is InChI=1S/C14H18N2O4/c1-18-5-3-4-16-14(17)10-20-13-7-11(9-15)6-12(8-13)19-2/h6-8H,3-5,10H2,1-2H3,(H,16,17). The van der Waals surface area contributed by atoms with Crippen LogP contribution in [0.25, 0.3) is 0 Å². The van der Waals surface area contributed by atoms with Crippen LogP contribution in [0.1, 0.15) is 12.0 Å². The lowest BCUT2D eigenvalue weighted by Crippen LogP contribution is -2.30. The van der Waals surface area contributed by atoms with E-state index in [1.807, 2.05) is 6.07 Å². The number of carbonyl (C=O) groups excluding carboxylic acids is 1. The first-order valence-corrected chi connectivity index (χ1v) is 6.17. The van der Waals surface area contributed by atoms with Crippen LogP contribution < -0.4 is 14.8 Å². The number of nitrogens with zero attached hydrogens (tertiary/aromatic N) is 1. The van der Waals surface area contributed by atoms with E-state index in [1.165, 1.54) is 7.11 Å². The molecule has 1 N–H and O–H groups in total. The van der Waals surface area contributed by atoms with Crippen LogP contribution in [0.15, 0.2) is 18.2 Å². The van der Waals surface area contributed by atoms with E-state index in [-0.39, 0.29) is 12.5 Å². The third kappa shape index (κ3) is 5.59. The Labute approximate surface area is 118 Å². The van der Waals surface area contributed by atoms with Gasteiger partial charge in [-0.15, -0.1) is 0 Å². The molecule has 1 rings (SSSR count). The van der Waals surface area contributed by atoms with Gasteiger partial charge >= 0.3 is 0 Å². The van der Waals surface area contributed by atoms with Gasteiger partial charge in [-0.25, -0.2) is 0 Å². The van der Waals surface area contributed by atoms with E-state index in [0.29, 0.717) is 30.2 Å². The highest BCUT2D eigenvalue weighted by Gasteiger charge is 2.05. The summed E-state index contributed by atoms with van der Waals surface area (Å²) in [4.78, 5) is 11.5. The molecule has 0 aliphatic heterocycles. The average molecular weight is 278 g/mol. The molecule has 0 spiro atoms. The second-order valence-electron chi connectivity index (χ2n) is 3.99. The average Bonchev–Trinajstić information content (AvgIpc) is 2.49. The number of benzene rings is 1. The van der Waals surface area contributed by atoms with Crippen molar-refractivity contribution in [1.82, 2.24) is 5.32 Å². The summed E-state index contributed by atoms with van der Waals surface area (Å²) in [7, 11) is 3.11. The number of nitrogens with one attached hydrogen (secondary N) is 1. The molecule has 0 aliphatic carbocycles. The molecule has 0 aliphatic rings. The molecule has 0 bridgehead atoms. The largest absolute Gasteiger partial charge is 0.497 e. The summed E-state index contributed by atoms with van der Waals surface area (Å²) in [5.74, 6) is 0.718. The van der Waals surface area contributed by atoms with Gasteiger partial charge in [-0.2, -0.15) is 5.26 Å². The summed E-state index contributed by atoms with van der Waals surface area (Å²) in [6, 6.07) is 6.78. The van der Waals surface area contributed by atoms with Crippen LogP contribution in [0.2, 0.25) is 0 Å². The van der Waals surface area contributed by atoms with Crippen molar-refractivity contribution in [2.75, 3.05) is 34.0 Å². The van der Waals surface area contributed by atoms with E-state index in [1.54, 1.807) is 25.3 Å². The molecule has 1 amide bonds. The Bertz CT molecular complexity index is 483. The molecule has 0 fully saturated rings. The highest BCUT2D eigenvalue weighted by atomic mass is 16.5. The Hall–Kier alpha value is -2.26. The molecule has 0 aromatic heterocycles. The fourth-order valence-electron chi connectivity index (χ4n) is 1.48. The zero-order valence-electron chi connectivity index (χ0n) is 11.6. The van der Waals surface area contributed by atoms with Gasteiger partial charge in [-0.1, -0.05) is 0 Å². The van der Waals surface area contributed by atoms with Crippen LogP contribution in [0.4, 0.5) is 0 Å². The number of ether oxygens (including phenoxy) is 3. The molecule has 0 heterocycles. The van der Waals surface area contributed by atoms with Gasteiger partial charge in [0.1, 0.15) is 11.5 Å². The molecule has 0 atom stereocenters. The highest BCUT2D eigenvalue weighted by Crippen LogP contribution is 2.22. The normalized spacial score (nSPS) is 9.65. The molecule has 108 valence electrons. The lowest BCUT2D eigenvalue weighted by atomic mass is 10.2. The van der Waals surface area contributed by atoms with Crippen molar-refractivity contribution < 1.29 is 19.0 Å². The summed E-state index contributed by atoms with van der Waals surface area (Å²) in [6.45, 7) is 1.03. The SMILES string of the molecule is COCCCNC(=O)COc1cc(C#N)cc(OC)c1. The molecule has 0 saturated heterocycles. The molecule has 6 nitrogen and oxygen atoms in total. The van der Waals surface area contributed by atoms with Gasteiger partial charge in [0.15, 0.2) is 6.61 Å². The smallest absolute Gasteiger partial charge is 0.257 e. The second-order valence-corrected chi connectivity index (χ2v) is 3.99. The molecular formula is C14H18N2O4. The quantitative estimate of drug-likeness (QED) is 0.720. The first-order chi connectivity index (χ1) is 9.69. The molecular weight excluding hydrogens is 260 g/mol. The zero-order chi connectivity index (χ0) is 14.8. The Morgan fingerprint density at radius 3 is 2.70 bits per heavy atom. The Balaban J connectivity index is 2.45. The van der Waals surface area contributed by atoms with Gasteiger partial charge in [-0.05, 0) is 18.6 Å². The number of rotatable bonds is 8. The number of amides is 1. The summed E-state index contributed by atoms with van der Waals surface area (Å²) < 4.78 is 15.3. The summed E-state index contributed by atoms with van der Waals surface area (Å²) in [5, 5.41) is 11.6. The predicted molar refractivity (Wildman–Crippen MR) is 72.7 cm³/mol. The van der Waals surface area contributed by atoms with Crippen LogP contribution in [-0.4, -0.2) is 39.9 Å². The zero-order valence-corrected chi connectivity index (χ0v) is 11.6. The minimum absolute atomic E-state index is 0.106. The van der Waals surface area contributed by atoms with E-state index in [4.69, 9.17) is 19.5 Å². The van der Waals surface area contributed by atoms with E-state index in [9.17, 15) is 4.79 Å². The molecule has 0 unspecified atom stereocenters. The van der Waals surface area contributed by atoms with Crippen LogP contribution in [0.5, 0.6) is 11.5 Å². The van der Waals surface area contributed by atoms with E-state index in [0.717, 1.165) is 6.42 Å². The summed E-state index contributed by atoms with van der Waals surface area (Å²) in [5.41, 5.74) is 0.417. The van der Waals surface area contributed by atoms with Crippen LogP contribution in [-0.2, 0) is 9.53 Å². The fraction of sp³-hybridized carbons (Fsp3) is 0.429. The van der Waals surface area contributed by atoms with Crippen LogP contribution in [0, 0.1) is 11.3 Å². The maximum absolute atomic E-state index is 11.5. The highest BCUT2D eigenvalue weighted by molar-refractivity contribution is 5.77. The van der Waals surface area contributed by atoms with Crippen molar-refractivity contribution in [3.63, 3.8) is 0 Å². The number of carbonyl (C=O) groups is 1. The van der Waals surface area contributed by atoms with Crippen molar-refractivity contribution >= 4 is 5.91 Å². The topological polar surface area (TPSA) is 80.6 Å². The first-order valence-electron chi connectivity index (χ1n) is 6.17. The van der Waals surface area contributed by atoms with Crippen LogP contribution >= 0.6 is 0 Å². The van der Waals surface area contributed by atoms with Crippen molar-refractivity contribution in [3.8, 4) is 17.6 Å². The molecule has 20 heavy (non-hydrogen) atoms. The third-order valence-electron chi connectivity index (χ3n) is 2.46. The lowest BCUT2D eigenvalue weighted by Gasteiger charge is -2.09. The maximum atomic E-state index is 11.5. The molecule has 0 saturated carbocycles. The predicted octanol–water partition coefficient (Wildman–Crippen LogP) is 1.10. The second kappa shape index (κ2) is 8.77. The monoisotopic (exact) mass is 278 g/mol. The fourth-order valence-corrected chi connectivity index (χ4v) is 1.48. The molecule has 1 aromatic rings. The van der Waals surface area contributed by atoms with Crippen LogP contribution in [0.3, 0.4) is 0 Å². The Morgan fingerprint density at radius 2 is 2.05 bits per heavy atom. The van der Waals surface area contributed by atoms with Gasteiger partial charge in [0.2, 0.25) is 0 Å². The van der Waals surface area contributed by atoms with Gasteiger partial charge < -0.3 is 19.5 Å². The first kappa shape index (κ1) is 15.8. The molecule has 0 radical (unpaired) electrons. The summed E-state index contributed by atoms with van der Waals surface area (Å²) >= 11 is 0. The number of hydrogen-bond acceptors (Lipinski definition) is 5. The van der Waals surface area contributed by atoms with Gasteiger partial charge in [-0.3, -0.25) is 4.79 Å². The number of methoxy groups -OCH3 is 2. The van der Waals surface area contributed by atoms with Gasteiger partial charge in [0.05, 0.1) is 18.7 Å². The molecule has 1 aromatic carbocycles. The Morgan fingerprint density at radius 1 is 1.30 bits per heavy atom. The minimum Gasteiger partial charge on any atom is -0.497 e. The molecule has 6 heteroatoms. The minimum atomic E-state index is -0.220. The van der Waals surface area contributed by atoms with E-state index < -0.39 is 0 Å². The van der Waals surface area contributed by atoms with Crippen molar-refractivity contribution in [2.45, 2.75) is 6.42 Å². The lowest BCUT2D eigenvalue weighted by molar-refractivity contribution is -0.123. The van der Waals surface area contributed by atoms with E-state index in [2.05, 4.69) is 5.32 Å². The number of hydrogen-bond donors (Lipinski definition) is 1. The van der Waals surface area contributed by atoms with Crippen molar-refractivity contribution in [1.29, 1.82) is 5.26 Å². The summed E-state index contributed by atoms with van der Waals surface area (Å²) in [6.07, 6.45) is 0.750. The van der Waals surface area contributed by atoms with Gasteiger partial charge in [0.25, 0.3) is 5.91 Å². The number of nitriles is 1. The third-order valence-corrected chi connectivity index (χ3v) is 2.46. The Kier molecular flexibility index (Phi) is 6.93. The maximum Gasteiger partial charge on any atom is 0.257 e.